The van der Waals surface area contributed by atoms with Crippen molar-refractivity contribution in [1.29, 1.82) is 0 Å². The highest BCUT2D eigenvalue weighted by Gasteiger charge is 2.59. The Labute approximate surface area is 474 Å². The third kappa shape index (κ3) is 13.7. The number of aliphatic hydroxyl groups excluding tert-OH is 1. The quantitative estimate of drug-likeness (QED) is 0.240. The van der Waals surface area contributed by atoms with E-state index < -0.39 is 11.4 Å². The molecule has 18 nitrogen and oxygen atoms in total. The first-order valence-corrected chi connectivity index (χ1v) is 26.4. The summed E-state index contributed by atoms with van der Waals surface area (Å²) in [6.45, 7) is 41.3. The van der Waals surface area contributed by atoms with Crippen LogP contribution in [0.25, 0.3) is 0 Å². The molecule has 0 aliphatic carbocycles. The Morgan fingerprint density at radius 2 is 1.01 bits per heavy atom. The molecule has 0 aromatic rings. The fraction of sp³-hybridized carbons (Fsp3) is 0.864. The average molecular weight is 1110 g/mol. The third-order valence-electron chi connectivity index (χ3n) is 18.1. The van der Waals surface area contributed by atoms with Crippen molar-refractivity contribution in [3.8, 4) is 0 Å². The predicted octanol–water partition coefficient (Wildman–Crippen LogP) is 8.05. The van der Waals surface area contributed by atoms with Crippen LogP contribution in [0, 0.1) is 40.4 Å². The van der Waals surface area contributed by atoms with Crippen molar-refractivity contribution < 1.29 is 57.6 Å². The normalized spacial score (nSPS) is 34.6. The molecule has 10 fully saturated rings. The van der Waals surface area contributed by atoms with Gasteiger partial charge in [-0.3, -0.25) is 28.8 Å². The molecule has 10 saturated heterocycles. The molecule has 78 heavy (non-hydrogen) atoms. The molecule has 0 bridgehead atoms. The maximum Gasteiger partial charge on any atom is 0.249 e. The summed E-state index contributed by atoms with van der Waals surface area (Å²) in [5.41, 5.74) is -2.49. The van der Waals surface area contributed by atoms with Crippen molar-refractivity contribution >= 4 is 43.9 Å². The van der Waals surface area contributed by atoms with E-state index in [4.69, 9.17) is 28.8 Å². The number of carbonyl (C=O) groups is 6. The molecule has 2 N–H and O–H groups in total. The highest BCUT2D eigenvalue weighted by molar-refractivity contribution is 5.91. The summed E-state index contributed by atoms with van der Waals surface area (Å²) in [6, 6.07) is 1.38. The summed E-state index contributed by atoms with van der Waals surface area (Å²) in [6.07, 6.45) is 5.89. The Balaban J connectivity index is 0.000000900. The molecule has 6 amide bonds. The van der Waals surface area contributed by atoms with Crippen LogP contribution in [0.15, 0.2) is 12.2 Å². The summed E-state index contributed by atoms with van der Waals surface area (Å²) < 4.78 is 27.7. The first-order chi connectivity index (χ1) is 33.0. The van der Waals surface area contributed by atoms with Gasteiger partial charge in [-0.25, -0.2) is 0 Å². The van der Waals surface area contributed by atoms with Crippen molar-refractivity contribution in [3.05, 3.63) is 12.2 Å². The van der Waals surface area contributed by atoms with Gasteiger partial charge in [0.15, 0.2) is 0 Å². The molecule has 0 saturated carbocycles. The number of fused-ring (bicyclic) bond motifs is 5. The lowest BCUT2D eigenvalue weighted by Crippen LogP contribution is -2.45. The van der Waals surface area contributed by atoms with E-state index in [0.29, 0.717) is 75.1 Å². The Morgan fingerprint density at radius 1 is 0.551 bits per heavy atom. The summed E-state index contributed by atoms with van der Waals surface area (Å²) in [5, 5.41) is 11.6. The second kappa shape index (κ2) is 26.1. The fourth-order valence-corrected chi connectivity index (χ4v) is 12.3. The molecule has 451 valence electrons. The van der Waals surface area contributed by atoms with Crippen molar-refractivity contribution in [2.75, 3.05) is 39.6 Å². The van der Waals surface area contributed by atoms with Gasteiger partial charge in [0.1, 0.15) is 28.6 Å². The molecule has 11 atom stereocenters. The monoisotopic (exact) mass is 1110 g/mol. The molecule has 3 radical (unpaired) electrons. The highest BCUT2D eigenvalue weighted by Crippen LogP contribution is 2.48. The SMILES string of the molecule is C.C.C.C.C.CC1(C)OCC2C=CC(=O)N21.CC1(C)OCC2CCC(=O)N21.CC1C(=O)N2C(COC2(C)C)C1C.CC1C(CO)NC(=O)C1(C)C.CC1C2COC(C)(C)N2C(=O)C1(C)C.CC1CC(=O)N2C1COC2(C)C.[B]. The zero-order valence-corrected chi connectivity index (χ0v) is 47.6. The number of nitrogens with zero attached hydrogens (tertiary/aromatic N) is 5. The van der Waals surface area contributed by atoms with E-state index in [1.54, 1.807) is 11.0 Å². The Morgan fingerprint density at radius 3 is 1.46 bits per heavy atom. The average Bonchev–Trinajstić information content (AvgIpc) is 4.19. The molecule has 0 aromatic heterocycles. The van der Waals surface area contributed by atoms with E-state index in [1.807, 2.05) is 136 Å². The van der Waals surface area contributed by atoms with E-state index >= 15 is 0 Å². The Kier molecular flexibility index (Phi) is 24.9. The van der Waals surface area contributed by atoms with Crippen LogP contribution < -0.4 is 5.32 Å². The van der Waals surface area contributed by atoms with Gasteiger partial charge in [-0.1, -0.05) is 106 Å². The third-order valence-corrected chi connectivity index (χ3v) is 18.1. The number of amides is 6. The maximum absolute atomic E-state index is 12.2. The summed E-state index contributed by atoms with van der Waals surface area (Å²) >= 11 is 0. The predicted molar refractivity (Wildman–Crippen MR) is 308 cm³/mol. The molecular formula is C59H110BN6O12. The number of carbonyl (C=O) groups excluding carboxylic acids is 6. The second-order valence-electron chi connectivity index (χ2n) is 25.3. The van der Waals surface area contributed by atoms with Gasteiger partial charge >= 0.3 is 0 Å². The number of nitrogens with one attached hydrogen (secondary N) is 1. The van der Waals surface area contributed by atoms with Crippen LogP contribution in [0.4, 0.5) is 0 Å². The van der Waals surface area contributed by atoms with Gasteiger partial charge in [0.05, 0.1) is 75.9 Å². The van der Waals surface area contributed by atoms with Crippen molar-refractivity contribution in [2.24, 2.45) is 40.4 Å². The molecular weight excluding hydrogens is 995 g/mol. The van der Waals surface area contributed by atoms with Gasteiger partial charge in [-0.05, 0) is 99.3 Å². The summed E-state index contributed by atoms with van der Waals surface area (Å²) in [7, 11) is 0. The number of hydrogen-bond donors (Lipinski definition) is 2. The van der Waals surface area contributed by atoms with Crippen molar-refractivity contribution in [3.63, 3.8) is 0 Å². The lowest BCUT2D eigenvalue weighted by Gasteiger charge is -2.30. The van der Waals surface area contributed by atoms with Gasteiger partial charge in [0.25, 0.3) is 0 Å². The van der Waals surface area contributed by atoms with Gasteiger partial charge in [-0.2, -0.15) is 0 Å². The minimum atomic E-state index is -0.413. The second-order valence-corrected chi connectivity index (χ2v) is 25.3. The number of hydrogen-bond acceptors (Lipinski definition) is 12. The first kappa shape index (κ1) is 74.4. The number of aliphatic hydroxyl groups is 1. The molecule has 0 spiro atoms. The van der Waals surface area contributed by atoms with Crippen molar-refractivity contribution in [2.45, 2.75) is 253 Å². The zero-order chi connectivity index (χ0) is 54.2. The highest BCUT2D eigenvalue weighted by atomic mass is 16.5. The molecule has 0 aromatic carbocycles. The zero-order valence-electron chi connectivity index (χ0n) is 47.6. The van der Waals surface area contributed by atoms with Crippen LogP contribution in [-0.4, -0.2) is 178 Å². The van der Waals surface area contributed by atoms with Crippen molar-refractivity contribution in [1.82, 2.24) is 29.8 Å². The number of rotatable bonds is 1. The van der Waals surface area contributed by atoms with Crippen LogP contribution in [0.5, 0.6) is 0 Å². The Hall–Kier alpha value is -3.62. The van der Waals surface area contributed by atoms with E-state index in [9.17, 15) is 28.8 Å². The molecule has 11 aliphatic heterocycles. The van der Waals surface area contributed by atoms with Crippen LogP contribution in [0.1, 0.15) is 188 Å². The van der Waals surface area contributed by atoms with Crippen LogP contribution in [0.3, 0.4) is 0 Å². The molecule has 11 unspecified atom stereocenters. The largest absolute Gasteiger partial charge is 0.394 e. The van der Waals surface area contributed by atoms with Crippen LogP contribution >= 0.6 is 0 Å². The minimum Gasteiger partial charge on any atom is -0.394 e. The van der Waals surface area contributed by atoms with Crippen LogP contribution in [0.2, 0.25) is 0 Å². The molecule has 11 heterocycles. The maximum atomic E-state index is 12.2. The fourth-order valence-electron chi connectivity index (χ4n) is 12.3. The van der Waals surface area contributed by atoms with E-state index in [0.717, 1.165) is 13.0 Å². The van der Waals surface area contributed by atoms with Gasteiger partial charge in [0, 0.05) is 44.1 Å². The van der Waals surface area contributed by atoms with Gasteiger partial charge < -0.3 is 58.6 Å². The van der Waals surface area contributed by atoms with Crippen LogP contribution in [-0.2, 0) is 52.5 Å². The standard InChI is InChI=1S/C11H19NO2.C10H17NO2.C9H15NO2.C8H13NO2.C8H11NO2.C8H15NO2.5CH4.B/c1-7-8-6-14-11(4,5)12(8)9(13)10(7,2)3;1-6-7(2)9(12)11-8(6)5-13-10(11,3)4;1-6-4-8(11)10-7(6)5-12-9(10,2)3;2*1-8(2)9-6(5-11-8)3-4-7(9)10;1-5-6(4-10)9-7(11)8(5,2)3;;;;;;/h7-8H,6H2,1-5H3;6-8H,5H2,1-4H3;6-7H,4-5H2,1-3H3;6H,3-5H2,1-2H3;3-4,6H,5H2,1-2H3;5-6,10H,4H2,1-3H3,(H,9,11);5*1H4;. The first-order valence-electron chi connectivity index (χ1n) is 26.4. The minimum absolute atomic E-state index is 0. The molecule has 19 heteroatoms. The summed E-state index contributed by atoms with van der Waals surface area (Å²) in [5.74, 6) is 2.71. The van der Waals surface area contributed by atoms with Gasteiger partial charge in [0.2, 0.25) is 35.4 Å². The lowest BCUT2D eigenvalue weighted by atomic mass is 9.80. The van der Waals surface area contributed by atoms with E-state index in [1.165, 1.54) is 0 Å². The summed E-state index contributed by atoms with van der Waals surface area (Å²) in [4.78, 5) is 78.8. The number of ether oxygens (including phenoxy) is 5. The molecule has 11 rings (SSSR count). The molecule has 11 aliphatic rings. The van der Waals surface area contributed by atoms with Gasteiger partial charge in [-0.15, -0.1) is 0 Å². The smallest absolute Gasteiger partial charge is 0.249 e. The lowest BCUT2D eigenvalue weighted by molar-refractivity contribution is -0.149. The van der Waals surface area contributed by atoms with E-state index in [2.05, 4.69) is 26.1 Å². The van der Waals surface area contributed by atoms with E-state index in [-0.39, 0.29) is 146 Å². The topological polar surface area (TPSA) is 197 Å². The Bertz CT molecular complexity index is 2120.